The zero-order valence-corrected chi connectivity index (χ0v) is 15.2. The Morgan fingerprint density at radius 3 is 2.69 bits per heavy atom. The number of hydrogen-bond acceptors (Lipinski definition) is 9. The van der Waals surface area contributed by atoms with Crippen LogP contribution < -0.4 is 16.0 Å². The number of fused-ring (bicyclic) bond motifs is 1. The first-order chi connectivity index (χ1) is 13.9. The van der Waals surface area contributed by atoms with Crippen LogP contribution in [0.25, 0.3) is 11.0 Å². The van der Waals surface area contributed by atoms with Crippen molar-refractivity contribution in [2.75, 3.05) is 13.7 Å². The quantitative estimate of drug-likeness (QED) is 0.551. The highest BCUT2D eigenvalue weighted by atomic mass is 16.6. The van der Waals surface area contributed by atoms with Crippen LogP contribution in [0, 0.1) is 0 Å². The molecule has 0 bridgehead atoms. The van der Waals surface area contributed by atoms with Gasteiger partial charge < -0.3 is 29.3 Å². The van der Waals surface area contributed by atoms with Crippen LogP contribution in [-0.2, 0) is 11.3 Å². The molecule has 2 atom stereocenters. The summed E-state index contributed by atoms with van der Waals surface area (Å²) in [7, 11) is 1.51. The fourth-order valence-corrected chi connectivity index (χ4v) is 3.12. The molecule has 0 saturated carbocycles. The summed E-state index contributed by atoms with van der Waals surface area (Å²) in [6.07, 6.45) is -1.40. The van der Waals surface area contributed by atoms with Crippen LogP contribution in [0.3, 0.4) is 0 Å². The first-order valence-corrected chi connectivity index (χ1v) is 8.57. The third-order valence-corrected chi connectivity index (χ3v) is 4.67. The molecule has 152 valence electrons. The third-order valence-electron chi connectivity index (χ3n) is 4.67. The van der Waals surface area contributed by atoms with E-state index in [2.05, 4.69) is 5.16 Å². The molecule has 0 unspecified atom stereocenters. The van der Waals surface area contributed by atoms with Crippen molar-refractivity contribution in [1.29, 1.82) is 0 Å². The maximum atomic E-state index is 12.9. The largest absolute Gasteiger partial charge is 0.506 e. The monoisotopic (exact) mass is 403 g/mol. The Morgan fingerprint density at radius 2 is 2.00 bits per heavy atom. The number of aliphatic hydroxyl groups excluding tert-OH is 3. The van der Waals surface area contributed by atoms with Gasteiger partial charge in [0.15, 0.2) is 23.3 Å². The molecule has 3 aromatic rings. The summed E-state index contributed by atoms with van der Waals surface area (Å²) in [5.41, 5.74) is -0.618. The molecule has 0 amide bonds. The van der Waals surface area contributed by atoms with E-state index in [1.54, 1.807) is 18.2 Å². The van der Waals surface area contributed by atoms with Gasteiger partial charge in [-0.1, -0.05) is 5.16 Å². The van der Waals surface area contributed by atoms with Crippen molar-refractivity contribution >= 4 is 11.0 Å². The molecule has 0 saturated heterocycles. The van der Waals surface area contributed by atoms with Crippen molar-refractivity contribution in [2.45, 2.75) is 18.9 Å². The summed E-state index contributed by atoms with van der Waals surface area (Å²) in [6, 6.07) is 6.14. The lowest BCUT2D eigenvalue weighted by Gasteiger charge is -2.16. The average molecular weight is 403 g/mol. The van der Waals surface area contributed by atoms with E-state index in [4.69, 9.17) is 14.0 Å². The summed E-state index contributed by atoms with van der Waals surface area (Å²) in [5.74, 6) is -0.618. The molecule has 0 radical (unpaired) electrons. The van der Waals surface area contributed by atoms with Crippen LogP contribution in [0.15, 0.2) is 56.1 Å². The number of methoxy groups -OCH3 is 1. The van der Waals surface area contributed by atoms with Crippen molar-refractivity contribution in [2.24, 2.45) is 0 Å². The fourth-order valence-electron chi connectivity index (χ4n) is 3.12. The topological polar surface area (TPSA) is 149 Å². The maximum Gasteiger partial charge on any atom is 0.333 e. The lowest BCUT2D eigenvalue weighted by molar-refractivity contribution is -0.0374. The van der Waals surface area contributed by atoms with E-state index in [0.717, 1.165) is 21.4 Å². The Labute approximate surface area is 162 Å². The van der Waals surface area contributed by atoms with E-state index in [1.165, 1.54) is 7.11 Å². The first kappa shape index (κ1) is 18.8. The van der Waals surface area contributed by atoms with Crippen LogP contribution >= 0.6 is 0 Å². The predicted octanol–water partition coefficient (Wildman–Crippen LogP) is 0.425. The Bertz CT molecular complexity index is 1220. The van der Waals surface area contributed by atoms with Crippen LogP contribution in [-0.4, -0.2) is 49.4 Å². The second kappa shape index (κ2) is 7.11. The number of nitrogens with zero attached hydrogens (tertiary/aromatic N) is 3. The Kier molecular flexibility index (Phi) is 4.60. The van der Waals surface area contributed by atoms with Gasteiger partial charge in [-0.25, -0.2) is 4.79 Å². The van der Waals surface area contributed by atoms with Gasteiger partial charge in [0.05, 0.1) is 20.3 Å². The molecule has 1 aliphatic rings. The smallest absolute Gasteiger partial charge is 0.333 e. The van der Waals surface area contributed by atoms with Gasteiger partial charge in [0.2, 0.25) is 0 Å². The second-order valence-corrected chi connectivity index (χ2v) is 6.35. The van der Waals surface area contributed by atoms with Crippen LogP contribution in [0.4, 0.5) is 0 Å². The van der Waals surface area contributed by atoms with Gasteiger partial charge in [0, 0.05) is 23.7 Å². The van der Waals surface area contributed by atoms with Gasteiger partial charge in [-0.3, -0.25) is 13.9 Å². The van der Waals surface area contributed by atoms with Crippen molar-refractivity contribution in [3.05, 3.63) is 68.5 Å². The van der Waals surface area contributed by atoms with E-state index in [-0.39, 0.29) is 6.54 Å². The molecule has 0 spiro atoms. The summed E-state index contributed by atoms with van der Waals surface area (Å²) < 4.78 is 17.5. The summed E-state index contributed by atoms with van der Waals surface area (Å²) >= 11 is 0. The molecule has 29 heavy (non-hydrogen) atoms. The van der Waals surface area contributed by atoms with E-state index in [9.17, 15) is 24.9 Å². The standard InChI is InChI=1S/C18H17N3O8/c1-27-9-2-3-10-11(19-29-12(10)6-9)7-21-14(23)4-5-20(18(21)26)17-16(25)15(24)13(8-22)28-17/h2-6,13,17,22,24-25H,7-8H2,1H3/t13-,17-/m1/s1. The number of rotatable bonds is 5. The number of aliphatic hydroxyl groups is 3. The fraction of sp³-hybridized carbons (Fsp3) is 0.278. The van der Waals surface area contributed by atoms with Crippen molar-refractivity contribution in [3.8, 4) is 5.75 Å². The number of hydrogen-bond donors (Lipinski definition) is 3. The van der Waals surface area contributed by atoms with Crippen molar-refractivity contribution in [1.82, 2.24) is 14.3 Å². The van der Waals surface area contributed by atoms with E-state index >= 15 is 0 Å². The van der Waals surface area contributed by atoms with Gasteiger partial charge in [0.25, 0.3) is 5.56 Å². The lowest BCUT2D eigenvalue weighted by Crippen LogP contribution is -2.41. The van der Waals surface area contributed by atoms with Crippen molar-refractivity contribution < 1.29 is 29.3 Å². The van der Waals surface area contributed by atoms with Gasteiger partial charge in [-0.2, -0.15) is 0 Å². The summed E-state index contributed by atoms with van der Waals surface area (Å²) in [4.78, 5) is 25.2. The minimum Gasteiger partial charge on any atom is -0.506 e. The zero-order chi connectivity index (χ0) is 20.7. The minimum atomic E-state index is -1.37. The van der Waals surface area contributed by atoms with Gasteiger partial charge in [0.1, 0.15) is 17.5 Å². The van der Waals surface area contributed by atoms with E-state index in [1.807, 2.05) is 0 Å². The number of aromatic nitrogens is 3. The number of benzene rings is 1. The van der Waals surface area contributed by atoms with Crippen molar-refractivity contribution in [3.63, 3.8) is 0 Å². The molecule has 2 aromatic heterocycles. The molecule has 1 aromatic carbocycles. The van der Waals surface area contributed by atoms with Crippen LogP contribution in [0.2, 0.25) is 0 Å². The molecule has 11 heteroatoms. The van der Waals surface area contributed by atoms with Crippen LogP contribution in [0.5, 0.6) is 5.75 Å². The highest BCUT2D eigenvalue weighted by Crippen LogP contribution is 2.30. The van der Waals surface area contributed by atoms with E-state index in [0.29, 0.717) is 22.4 Å². The molecule has 0 aliphatic carbocycles. The summed E-state index contributed by atoms with van der Waals surface area (Å²) in [6.45, 7) is -0.778. The van der Waals surface area contributed by atoms with Gasteiger partial charge >= 0.3 is 5.69 Å². The minimum absolute atomic E-state index is 0.190. The molecular formula is C18H17N3O8. The molecule has 0 fully saturated rings. The Balaban J connectivity index is 1.74. The SMILES string of the molecule is COc1ccc2c(Cn3c(=O)ccn([C@@H]4O[C@H](CO)C(O)=C4O)c3=O)noc2c1. The molecule has 3 heterocycles. The highest BCUT2D eigenvalue weighted by molar-refractivity contribution is 5.80. The lowest BCUT2D eigenvalue weighted by atomic mass is 10.2. The summed E-state index contributed by atoms with van der Waals surface area (Å²) in [5, 5.41) is 33.6. The van der Waals surface area contributed by atoms with Gasteiger partial charge in [-0.15, -0.1) is 0 Å². The Hall–Kier alpha value is -3.57. The third kappa shape index (κ3) is 3.05. The molecule has 4 rings (SSSR count). The molecular weight excluding hydrogens is 386 g/mol. The zero-order valence-electron chi connectivity index (χ0n) is 15.2. The average Bonchev–Trinajstić information content (AvgIpc) is 3.26. The second-order valence-electron chi connectivity index (χ2n) is 6.35. The maximum absolute atomic E-state index is 12.9. The molecule has 11 nitrogen and oxygen atoms in total. The van der Waals surface area contributed by atoms with Crippen LogP contribution in [0.1, 0.15) is 11.9 Å². The molecule has 3 N–H and O–H groups in total. The highest BCUT2D eigenvalue weighted by Gasteiger charge is 2.36. The van der Waals surface area contributed by atoms with Gasteiger partial charge in [-0.05, 0) is 12.1 Å². The first-order valence-electron chi connectivity index (χ1n) is 8.57. The number of ether oxygens (including phenoxy) is 2. The normalized spacial score (nSPS) is 19.2. The Morgan fingerprint density at radius 1 is 1.21 bits per heavy atom. The predicted molar refractivity (Wildman–Crippen MR) is 97.9 cm³/mol. The van der Waals surface area contributed by atoms with E-state index < -0.39 is 41.7 Å². The molecule has 1 aliphatic heterocycles.